The zero-order valence-corrected chi connectivity index (χ0v) is 21.6. The SMILES string of the molecule is CCN1CCN(Cc2ccc(NS(=O)(=O)c3ccc4c(c3)CC(C)N4C(=O)C3CCC3)cc2)CC1. The molecule has 0 radical (unpaired) electrons. The van der Waals surface area contributed by atoms with Gasteiger partial charge in [-0.3, -0.25) is 14.4 Å². The van der Waals surface area contributed by atoms with Crippen LogP contribution >= 0.6 is 0 Å². The number of sulfonamides is 1. The third-order valence-electron chi connectivity index (χ3n) is 7.79. The van der Waals surface area contributed by atoms with E-state index >= 15 is 0 Å². The molecule has 2 heterocycles. The molecule has 2 fully saturated rings. The Balaban J connectivity index is 1.24. The van der Waals surface area contributed by atoms with E-state index in [0.717, 1.165) is 69.8 Å². The molecule has 1 N–H and O–H groups in total. The van der Waals surface area contributed by atoms with Gasteiger partial charge in [0.1, 0.15) is 0 Å². The van der Waals surface area contributed by atoms with Crippen LogP contribution in [0, 0.1) is 5.92 Å². The van der Waals surface area contributed by atoms with Crippen molar-refractivity contribution in [3.8, 4) is 0 Å². The molecule has 5 rings (SSSR count). The molecule has 188 valence electrons. The highest BCUT2D eigenvalue weighted by Crippen LogP contribution is 2.38. The number of carbonyl (C=O) groups is 1. The summed E-state index contributed by atoms with van der Waals surface area (Å²) >= 11 is 0. The quantitative estimate of drug-likeness (QED) is 0.633. The number of hydrogen-bond donors (Lipinski definition) is 1. The summed E-state index contributed by atoms with van der Waals surface area (Å²) in [5.74, 6) is 0.306. The first-order valence-corrected chi connectivity index (χ1v) is 14.3. The van der Waals surface area contributed by atoms with E-state index in [2.05, 4.69) is 21.4 Å². The standard InChI is InChI=1S/C27H36N4O3S/c1-3-29-13-15-30(16-14-29)19-21-7-9-24(10-8-21)28-35(33,34)25-11-12-26-23(18-25)17-20(2)31(26)27(32)22-5-4-6-22/h7-12,18,20,22,28H,3-6,13-17,19H2,1-2H3. The van der Waals surface area contributed by atoms with Gasteiger partial charge >= 0.3 is 0 Å². The second-order valence-corrected chi connectivity index (χ2v) is 11.9. The minimum absolute atomic E-state index is 0.0570. The van der Waals surface area contributed by atoms with Gasteiger partial charge in [-0.15, -0.1) is 0 Å². The van der Waals surface area contributed by atoms with Crippen molar-refractivity contribution in [1.82, 2.24) is 9.80 Å². The highest BCUT2D eigenvalue weighted by Gasteiger charge is 2.37. The van der Waals surface area contributed by atoms with Gasteiger partial charge < -0.3 is 9.80 Å². The molecule has 1 atom stereocenters. The number of benzene rings is 2. The number of rotatable bonds is 7. The van der Waals surface area contributed by atoms with Crippen LogP contribution < -0.4 is 9.62 Å². The first-order chi connectivity index (χ1) is 16.8. The first-order valence-electron chi connectivity index (χ1n) is 12.9. The minimum atomic E-state index is -3.72. The van der Waals surface area contributed by atoms with Gasteiger partial charge in [-0.1, -0.05) is 25.5 Å². The fourth-order valence-electron chi connectivity index (χ4n) is 5.38. The van der Waals surface area contributed by atoms with E-state index in [9.17, 15) is 13.2 Å². The number of hydrogen-bond acceptors (Lipinski definition) is 5. The van der Waals surface area contributed by atoms with Crippen LogP contribution in [0.2, 0.25) is 0 Å². The molecule has 8 heteroatoms. The lowest BCUT2D eigenvalue weighted by Gasteiger charge is -2.34. The summed E-state index contributed by atoms with van der Waals surface area (Å²) in [4.78, 5) is 19.9. The Morgan fingerprint density at radius 3 is 2.31 bits per heavy atom. The van der Waals surface area contributed by atoms with E-state index in [0.29, 0.717) is 12.1 Å². The van der Waals surface area contributed by atoms with E-state index in [1.807, 2.05) is 36.1 Å². The predicted octanol–water partition coefficient (Wildman–Crippen LogP) is 3.70. The summed E-state index contributed by atoms with van der Waals surface area (Å²) in [5, 5.41) is 0. The van der Waals surface area contributed by atoms with Gasteiger partial charge in [0.05, 0.1) is 4.90 Å². The molecule has 0 bridgehead atoms. The molecule has 2 aromatic carbocycles. The molecule has 1 unspecified atom stereocenters. The van der Waals surface area contributed by atoms with Crippen molar-refractivity contribution in [2.24, 2.45) is 5.92 Å². The number of carbonyl (C=O) groups excluding carboxylic acids is 1. The Morgan fingerprint density at radius 1 is 1.00 bits per heavy atom. The molecule has 7 nitrogen and oxygen atoms in total. The topological polar surface area (TPSA) is 73.0 Å². The van der Waals surface area contributed by atoms with E-state index in [1.54, 1.807) is 18.2 Å². The van der Waals surface area contributed by atoms with Crippen LogP contribution in [0.15, 0.2) is 47.4 Å². The average molecular weight is 497 g/mol. The molecule has 2 aromatic rings. The molecule has 3 aliphatic rings. The van der Waals surface area contributed by atoms with Gasteiger partial charge in [0.15, 0.2) is 0 Å². The summed E-state index contributed by atoms with van der Waals surface area (Å²) < 4.78 is 29.0. The lowest BCUT2D eigenvalue weighted by molar-refractivity contribution is -0.125. The smallest absolute Gasteiger partial charge is 0.261 e. The Kier molecular flexibility index (Phi) is 6.88. The largest absolute Gasteiger partial charge is 0.309 e. The summed E-state index contributed by atoms with van der Waals surface area (Å²) in [6.45, 7) is 10.5. The third kappa shape index (κ3) is 5.10. The number of piperazine rings is 1. The highest BCUT2D eigenvalue weighted by molar-refractivity contribution is 7.92. The average Bonchev–Trinajstić information content (AvgIpc) is 3.14. The number of nitrogens with one attached hydrogen (secondary N) is 1. The monoisotopic (exact) mass is 496 g/mol. The zero-order valence-electron chi connectivity index (χ0n) is 20.7. The van der Waals surface area contributed by atoms with Crippen molar-refractivity contribution >= 4 is 27.3 Å². The molecule has 2 aliphatic heterocycles. The van der Waals surface area contributed by atoms with Crippen LogP contribution in [0.4, 0.5) is 11.4 Å². The molecule has 1 saturated heterocycles. The molecule has 0 spiro atoms. The maximum absolute atomic E-state index is 13.1. The van der Waals surface area contributed by atoms with Crippen molar-refractivity contribution in [1.29, 1.82) is 0 Å². The Morgan fingerprint density at radius 2 is 1.69 bits per heavy atom. The first kappa shape index (κ1) is 24.3. The van der Waals surface area contributed by atoms with Gasteiger partial charge in [0.2, 0.25) is 5.91 Å². The van der Waals surface area contributed by atoms with Gasteiger partial charge in [0, 0.05) is 56.1 Å². The molecule has 1 saturated carbocycles. The van der Waals surface area contributed by atoms with Gasteiger partial charge in [-0.05, 0) is 74.2 Å². The highest BCUT2D eigenvalue weighted by atomic mass is 32.2. The van der Waals surface area contributed by atoms with Crippen LogP contribution in [-0.2, 0) is 27.8 Å². The fraction of sp³-hybridized carbons (Fsp3) is 0.519. The second-order valence-electron chi connectivity index (χ2n) is 10.2. The van der Waals surface area contributed by atoms with Crippen molar-refractivity contribution in [2.45, 2.75) is 57.0 Å². The summed E-state index contributed by atoms with van der Waals surface area (Å²) in [6.07, 6.45) is 3.72. The normalized spacial score (nSPS) is 21.5. The van der Waals surface area contributed by atoms with Crippen LogP contribution in [0.5, 0.6) is 0 Å². The van der Waals surface area contributed by atoms with Crippen molar-refractivity contribution in [2.75, 3.05) is 42.3 Å². The molecule has 0 aromatic heterocycles. The molecule has 1 aliphatic carbocycles. The van der Waals surface area contributed by atoms with Crippen molar-refractivity contribution < 1.29 is 13.2 Å². The fourth-order valence-corrected chi connectivity index (χ4v) is 6.49. The summed E-state index contributed by atoms with van der Waals surface area (Å²) in [5.41, 5.74) is 3.52. The minimum Gasteiger partial charge on any atom is -0.309 e. The van der Waals surface area contributed by atoms with Crippen LogP contribution in [0.25, 0.3) is 0 Å². The third-order valence-corrected chi connectivity index (χ3v) is 9.17. The molecular weight excluding hydrogens is 460 g/mol. The van der Waals surface area contributed by atoms with Crippen molar-refractivity contribution in [3.05, 3.63) is 53.6 Å². The summed E-state index contributed by atoms with van der Waals surface area (Å²) in [7, 11) is -3.72. The molecule has 1 amide bonds. The second kappa shape index (κ2) is 9.91. The zero-order chi connectivity index (χ0) is 24.6. The number of amides is 1. The van der Waals surface area contributed by atoms with Crippen LogP contribution in [0.1, 0.15) is 44.2 Å². The van der Waals surface area contributed by atoms with Gasteiger partial charge in [-0.25, -0.2) is 8.42 Å². The van der Waals surface area contributed by atoms with Gasteiger partial charge in [-0.2, -0.15) is 0 Å². The summed E-state index contributed by atoms with van der Waals surface area (Å²) in [6, 6.07) is 12.9. The van der Waals surface area contributed by atoms with E-state index < -0.39 is 10.0 Å². The molecular formula is C27H36N4O3S. The number of fused-ring (bicyclic) bond motifs is 1. The van der Waals surface area contributed by atoms with E-state index in [1.165, 1.54) is 5.56 Å². The van der Waals surface area contributed by atoms with E-state index in [-0.39, 0.29) is 22.8 Å². The maximum Gasteiger partial charge on any atom is 0.261 e. The Labute approximate surface area is 209 Å². The number of likely N-dealkylation sites (N-methyl/N-ethyl adjacent to an activating group) is 1. The van der Waals surface area contributed by atoms with Crippen LogP contribution in [0.3, 0.4) is 0 Å². The maximum atomic E-state index is 13.1. The lowest BCUT2D eigenvalue weighted by Crippen LogP contribution is -2.45. The number of nitrogens with zero attached hydrogens (tertiary/aromatic N) is 3. The lowest BCUT2D eigenvalue weighted by atomic mass is 9.84. The predicted molar refractivity (Wildman–Crippen MR) is 139 cm³/mol. The molecule has 35 heavy (non-hydrogen) atoms. The van der Waals surface area contributed by atoms with Gasteiger partial charge in [0.25, 0.3) is 10.0 Å². The number of anilines is 2. The Hall–Kier alpha value is -2.42. The van der Waals surface area contributed by atoms with Crippen molar-refractivity contribution in [3.63, 3.8) is 0 Å². The van der Waals surface area contributed by atoms with Crippen LogP contribution in [-0.4, -0.2) is 62.9 Å². The Bertz CT molecular complexity index is 1170. The van der Waals surface area contributed by atoms with E-state index in [4.69, 9.17) is 0 Å².